The van der Waals surface area contributed by atoms with Gasteiger partial charge in [-0.25, -0.2) is 9.18 Å². The number of pyridine rings is 1. The lowest BCUT2D eigenvalue weighted by Crippen LogP contribution is -2.22. The van der Waals surface area contributed by atoms with Gasteiger partial charge in [0.25, 0.3) is 5.56 Å². The molecule has 0 aliphatic heterocycles. The lowest BCUT2D eigenvalue weighted by molar-refractivity contribution is 0.0601. The Labute approximate surface area is 126 Å². The Morgan fingerprint density at radius 1 is 1.36 bits per heavy atom. The minimum atomic E-state index is -0.640. The molecule has 0 atom stereocenters. The number of rotatable bonds is 3. The predicted molar refractivity (Wildman–Crippen MR) is 80.6 cm³/mol. The highest BCUT2D eigenvalue weighted by Crippen LogP contribution is 2.23. The van der Waals surface area contributed by atoms with Gasteiger partial charge in [-0.15, -0.1) is 6.42 Å². The molecular formula is C16H13FN2O3. The topological polar surface area (TPSA) is 60.3 Å². The number of hydrogen-bond acceptors (Lipinski definition) is 4. The average molecular weight is 300 g/mol. The predicted octanol–water partition coefficient (Wildman–Crippen LogP) is 2.04. The van der Waals surface area contributed by atoms with Crippen LogP contribution in [0.4, 0.5) is 15.9 Å². The van der Waals surface area contributed by atoms with Crippen LogP contribution in [0, 0.1) is 18.2 Å². The number of carbonyl (C=O) groups excluding carboxylic acids is 1. The van der Waals surface area contributed by atoms with Crippen molar-refractivity contribution in [2.45, 2.75) is 0 Å². The Balaban J connectivity index is 2.54. The standard InChI is InChI=1S/C16H13FN2O3/c1-4-10-5-7-13(12(17)9-10)18-15-11(16(21)22-3)6-8-14(20)19(15)2/h1,5-9,18H,2-3H3. The summed E-state index contributed by atoms with van der Waals surface area (Å²) in [6.07, 6.45) is 5.20. The summed E-state index contributed by atoms with van der Waals surface area (Å²) in [5, 5.41) is 2.73. The number of aromatic nitrogens is 1. The van der Waals surface area contributed by atoms with Crippen LogP contribution in [-0.2, 0) is 11.8 Å². The first-order valence-electron chi connectivity index (χ1n) is 6.29. The van der Waals surface area contributed by atoms with Gasteiger partial charge in [0.2, 0.25) is 0 Å². The Bertz CT molecular complexity index is 834. The van der Waals surface area contributed by atoms with Gasteiger partial charge >= 0.3 is 5.97 Å². The van der Waals surface area contributed by atoms with Crippen LogP contribution in [0.25, 0.3) is 0 Å². The third-order valence-corrected chi connectivity index (χ3v) is 3.11. The fourth-order valence-electron chi connectivity index (χ4n) is 1.90. The van der Waals surface area contributed by atoms with Crippen LogP contribution < -0.4 is 10.9 Å². The van der Waals surface area contributed by atoms with E-state index in [9.17, 15) is 14.0 Å². The Morgan fingerprint density at radius 2 is 2.09 bits per heavy atom. The number of anilines is 2. The number of ether oxygens (including phenoxy) is 1. The molecule has 0 aliphatic carbocycles. The van der Waals surface area contributed by atoms with Crippen molar-refractivity contribution >= 4 is 17.5 Å². The van der Waals surface area contributed by atoms with Crippen molar-refractivity contribution in [3.05, 3.63) is 57.6 Å². The highest BCUT2D eigenvalue weighted by molar-refractivity contribution is 5.95. The van der Waals surface area contributed by atoms with E-state index in [4.69, 9.17) is 6.42 Å². The van der Waals surface area contributed by atoms with Crippen LogP contribution in [0.2, 0.25) is 0 Å². The first kappa shape index (κ1) is 15.3. The fraction of sp³-hybridized carbons (Fsp3) is 0.125. The molecular weight excluding hydrogens is 287 g/mol. The molecule has 2 aromatic rings. The first-order chi connectivity index (χ1) is 10.5. The summed E-state index contributed by atoms with van der Waals surface area (Å²) >= 11 is 0. The van der Waals surface area contributed by atoms with Crippen molar-refractivity contribution in [3.8, 4) is 12.3 Å². The van der Waals surface area contributed by atoms with E-state index in [1.54, 1.807) is 6.07 Å². The van der Waals surface area contributed by atoms with Gasteiger partial charge in [0.15, 0.2) is 0 Å². The molecule has 0 unspecified atom stereocenters. The molecule has 1 N–H and O–H groups in total. The summed E-state index contributed by atoms with van der Waals surface area (Å²) < 4.78 is 19.9. The molecule has 0 saturated heterocycles. The van der Waals surface area contributed by atoms with E-state index in [1.165, 1.54) is 43.0 Å². The fourth-order valence-corrected chi connectivity index (χ4v) is 1.90. The number of methoxy groups -OCH3 is 1. The second-order valence-corrected chi connectivity index (χ2v) is 4.45. The molecule has 0 radical (unpaired) electrons. The molecule has 22 heavy (non-hydrogen) atoms. The molecule has 2 rings (SSSR count). The van der Waals surface area contributed by atoms with Crippen molar-refractivity contribution in [1.29, 1.82) is 0 Å². The van der Waals surface area contributed by atoms with Gasteiger partial charge in [-0.3, -0.25) is 9.36 Å². The zero-order chi connectivity index (χ0) is 16.3. The molecule has 0 spiro atoms. The van der Waals surface area contributed by atoms with Gasteiger partial charge in [0, 0.05) is 18.7 Å². The SMILES string of the molecule is C#Cc1ccc(Nc2c(C(=O)OC)ccc(=O)n2C)c(F)c1. The van der Waals surface area contributed by atoms with Crippen molar-refractivity contribution in [2.24, 2.45) is 7.05 Å². The van der Waals surface area contributed by atoms with Crippen LogP contribution >= 0.6 is 0 Å². The molecule has 112 valence electrons. The average Bonchev–Trinajstić information content (AvgIpc) is 2.52. The minimum Gasteiger partial charge on any atom is -0.465 e. The zero-order valence-corrected chi connectivity index (χ0v) is 12.0. The molecule has 5 nitrogen and oxygen atoms in total. The molecule has 1 aromatic carbocycles. The van der Waals surface area contributed by atoms with Crippen LogP contribution in [0.5, 0.6) is 0 Å². The summed E-state index contributed by atoms with van der Waals surface area (Å²) in [6.45, 7) is 0. The number of carbonyl (C=O) groups is 1. The van der Waals surface area contributed by atoms with E-state index in [1.807, 2.05) is 0 Å². The van der Waals surface area contributed by atoms with Crippen molar-refractivity contribution in [2.75, 3.05) is 12.4 Å². The number of benzene rings is 1. The highest BCUT2D eigenvalue weighted by atomic mass is 19.1. The van der Waals surface area contributed by atoms with Crippen molar-refractivity contribution in [1.82, 2.24) is 4.57 Å². The Kier molecular flexibility index (Phi) is 4.28. The van der Waals surface area contributed by atoms with E-state index in [2.05, 4.69) is 16.0 Å². The summed E-state index contributed by atoms with van der Waals surface area (Å²) in [4.78, 5) is 23.5. The van der Waals surface area contributed by atoms with Crippen LogP contribution in [0.15, 0.2) is 35.1 Å². The molecule has 1 aromatic heterocycles. The molecule has 0 fully saturated rings. The van der Waals surface area contributed by atoms with Crippen molar-refractivity contribution < 1.29 is 13.9 Å². The van der Waals surface area contributed by atoms with E-state index >= 15 is 0 Å². The smallest absolute Gasteiger partial charge is 0.341 e. The number of halogens is 1. The van der Waals surface area contributed by atoms with E-state index in [0.29, 0.717) is 5.56 Å². The van der Waals surface area contributed by atoms with Gasteiger partial charge < -0.3 is 10.1 Å². The van der Waals surface area contributed by atoms with Crippen LogP contribution in [0.3, 0.4) is 0 Å². The first-order valence-corrected chi connectivity index (χ1v) is 6.29. The lowest BCUT2D eigenvalue weighted by atomic mass is 10.2. The highest BCUT2D eigenvalue weighted by Gasteiger charge is 2.16. The van der Waals surface area contributed by atoms with E-state index < -0.39 is 11.8 Å². The third kappa shape index (κ3) is 2.83. The minimum absolute atomic E-state index is 0.0883. The number of nitrogens with one attached hydrogen (secondary N) is 1. The van der Waals surface area contributed by atoms with Crippen LogP contribution in [-0.4, -0.2) is 17.6 Å². The summed E-state index contributed by atoms with van der Waals surface area (Å²) in [6, 6.07) is 6.72. The molecule has 0 saturated carbocycles. The molecule has 1 heterocycles. The van der Waals surface area contributed by atoms with Gasteiger partial charge in [0.1, 0.15) is 17.2 Å². The normalized spacial score (nSPS) is 9.91. The third-order valence-electron chi connectivity index (χ3n) is 3.11. The summed E-state index contributed by atoms with van der Waals surface area (Å²) in [7, 11) is 2.68. The van der Waals surface area contributed by atoms with Crippen LogP contribution in [0.1, 0.15) is 15.9 Å². The molecule has 0 bridgehead atoms. The zero-order valence-electron chi connectivity index (χ0n) is 12.0. The second-order valence-electron chi connectivity index (χ2n) is 4.45. The van der Waals surface area contributed by atoms with Crippen molar-refractivity contribution in [3.63, 3.8) is 0 Å². The second kappa shape index (κ2) is 6.14. The quantitative estimate of drug-likeness (QED) is 0.696. The maximum absolute atomic E-state index is 14.0. The largest absolute Gasteiger partial charge is 0.465 e. The Morgan fingerprint density at radius 3 is 2.68 bits per heavy atom. The number of nitrogens with zero attached hydrogens (tertiary/aromatic N) is 1. The maximum Gasteiger partial charge on any atom is 0.341 e. The monoisotopic (exact) mass is 300 g/mol. The number of hydrogen-bond donors (Lipinski definition) is 1. The van der Waals surface area contributed by atoms with Gasteiger partial charge in [-0.1, -0.05) is 5.92 Å². The van der Waals surface area contributed by atoms with Gasteiger partial charge in [0.05, 0.1) is 12.8 Å². The van der Waals surface area contributed by atoms with Gasteiger partial charge in [-0.05, 0) is 24.3 Å². The lowest BCUT2D eigenvalue weighted by Gasteiger charge is -2.15. The maximum atomic E-state index is 14.0. The summed E-state index contributed by atoms with van der Waals surface area (Å²) in [5.41, 5.74) is 0.240. The molecule has 6 heteroatoms. The Hall–Kier alpha value is -3.07. The molecule has 0 amide bonds. The summed E-state index contributed by atoms with van der Waals surface area (Å²) in [5.74, 6) is 1.22. The van der Waals surface area contributed by atoms with E-state index in [0.717, 1.165) is 0 Å². The number of esters is 1. The van der Waals surface area contributed by atoms with E-state index in [-0.39, 0.29) is 22.6 Å². The number of terminal acetylenes is 1. The van der Waals surface area contributed by atoms with Gasteiger partial charge in [-0.2, -0.15) is 0 Å². The molecule has 0 aliphatic rings.